The highest BCUT2D eigenvalue weighted by molar-refractivity contribution is 7.11. The molecule has 0 saturated heterocycles. The molecular formula is C10H13N3S. The van der Waals surface area contributed by atoms with E-state index in [1.165, 1.54) is 36.1 Å². The van der Waals surface area contributed by atoms with Crippen molar-refractivity contribution in [3.8, 4) is 0 Å². The fourth-order valence-corrected chi connectivity index (χ4v) is 3.11. The number of aromatic nitrogens is 1. The average Bonchev–Trinajstić information content (AvgIpc) is 2.66. The molecule has 1 aliphatic heterocycles. The molecule has 2 heterocycles. The third-order valence-corrected chi connectivity index (χ3v) is 3.86. The molecule has 3 nitrogen and oxygen atoms in total. The summed E-state index contributed by atoms with van der Waals surface area (Å²) in [5, 5.41) is 1.86. The van der Waals surface area contributed by atoms with Crippen molar-refractivity contribution in [3.63, 3.8) is 0 Å². The Morgan fingerprint density at radius 1 is 1.50 bits per heavy atom. The largest absolute Gasteiger partial charge is 0.286 e. The quantitative estimate of drug-likeness (QED) is 0.663. The van der Waals surface area contributed by atoms with Gasteiger partial charge >= 0.3 is 0 Å². The molecule has 2 N–H and O–H groups in total. The van der Waals surface area contributed by atoms with Gasteiger partial charge in [0, 0.05) is 0 Å². The molecule has 0 spiro atoms. The molecule has 14 heavy (non-hydrogen) atoms. The fraction of sp³-hybridized carbons (Fsp3) is 0.500. The van der Waals surface area contributed by atoms with E-state index >= 15 is 0 Å². The van der Waals surface area contributed by atoms with Crippen LogP contribution in [0.2, 0.25) is 0 Å². The van der Waals surface area contributed by atoms with Crippen LogP contribution in [-0.2, 0) is 0 Å². The number of rotatable bonds is 0. The van der Waals surface area contributed by atoms with Gasteiger partial charge < -0.3 is 0 Å². The molecule has 1 atom stereocenters. The van der Waals surface area contributed by atoms with Crippen molar-refractivity contribution in [1.82, 2.24) is 4.98 Å². The average molecular weight is 207 g/mol. The van der Waals surface area contributed by atoms with Crippen LogP contribution in [0.4, 0.5) is 5.82 Å². The van der Waals surface area contributed by atoms with Gasteiger partial charge in [0.05, 0.1) is 16.4 Å². The SMILES string of the molecule is NN1c2ncsc2C=C2CCCCC21. The van der Waals surface area contributed by atoms with Crippen LogP contribution in [-0.4, -0.2) is 11.0 Å². The topological polar surface area (TPSA) is 42.1 Å². The minimum absolute atomic E-state index is 0.415. The summed E-state index contributed by atoms with van der Waals surface area (Å²) in [4.78, 5) is 5.53. The molecule has 1 unspecified atom stereocenters. The Kier molecular flexibility index (Phi) is 1.85. The smallest absolute Gasteiger partial charge is 0.161 e. The van der Waals surface area contributed by atoms with Crippen LogP contribution < -0.4 is 10.9 Å². The molecule has 0 bridgehead atoms. The second kappa shape index (κ2) is 3.07. The molecule has 1 aliphatic carbocycles. The van der Waals surface area contributed by atoms with Crippen LogP contribution in [0.1, 0.15) is 30.6 Å². The number of nitrogens with two attached hydrogens (primary N) is 1. The van der Waals surface area contributed by atoms with Gasteiger partial charge in [0.25, 0.3) is 0 Å². The molecule has 0 radical (unpaired) electrons. The molecule has 74 valence electrons. The van der Waals surface area contributed by atoms with Crippen LogP contribution in [0, 0.1) is 0 Å². The summed E-state index contributed by atoms with van der Waals surface area (Å²) in [7, 11) is 0. The van der Waals surface area contributed by atoms with E-state index in [1.54, 1.807) is 11.3 Å². The van der Waals surface area contributed by atoms with E-state index in [0.717, 1.165) is 5.82 Å². The Morgan fingerprint density at radius 2 is 2.43 bits per heavy atom. The van der Waals surface area contributed by atoms with Crippen molar-refractivity contribution >= 4 is 23.2 Å². The third kappa shape index (κ3) is 1.11. The standard InChI is InChI=1S/C10H13N3S/c11-13-8-4-2-1-3-7(8)5-9-10(13)12-6-14-9/h5-6,8H,1-4,11H2. The maximum Gasteiger partial charge on any atom is 0.161 e. The van der Waals surface area contributed by atoms with Crippen molar-refractivity contribution in [1.29, 1.82) is 0 Å². The van der Waals surface area contributed by atoms with Gasteiger partial charge in [-0.1, -0.05) is 6.42 Å². The monoisotopic (exact) mass is 207 g/mol. The zero-order chi connectivity index (χ0) is 9.54. The van der Waals surface area contributed by atoms with E-state index < -0.39 is 0 Å². The summed E-state index contributed by atoms with van der Waals surface area (Å²) in [6, 6.07) is 0.415. The highest BCUT2D eigenvalue weighted by atomic mass is 32.1. The summed E-state index contributed by atoms with van der Waals surface area (Å²) in [6.07, 6.45) is 7.27. The number of thiazole rings is 1. The minimum atomic E-state index is 0.415. The Bertz CT molecular complexity index is 382. The number of hydrazine groups is 1. The lowest BCUT2D eigenvalue weighted by molar-refractivity contribution is 0.504. The van der Waals surface area contributed by atoms with Gasteiger partial charge in [0.1, 0.15) is 0 Å². The van der Waals surface area contributed by atoms with Gasteiger partial charge in [0.2, 0.25) is 0 Å². The number of nitrogens with zero attached hydrogens (tertiary/aromatic N) is 2. The zero-order valence-electron chi connectivity index (χ0n) is 7.94. The van der Waals surface area contributed by atoms with Crippen LogP contribution >= 0.6 is 11.3 Å². The molecule has 1 fully saturated rings. The number of fused-ring (bicyclic) bond motifs is 2. The van der Waals surface area contributed by atoms with Crippen molar-refractivity contribution < 1.29 is 0 Å². The lowest BCUT2D eigenvalue weighted by Gasteiger charge is -2.36. The Balaban J connectivity index is 2.07. The first-order valence-corrected chi connectivity index (χ1v) is 5.92. The van der Waals surface area contributed by atoms with Gasteiger partial charge in [-0.2, -0.15) is 0 Å². The van der Waals surface area contributed by atoms with Crippen LogP contribution in [0.5, 0.6) is 0 Å². The van der Waals surface area contributed by atoms with E-state index in [9.17, 15) is 0 Å². The first kappa shape index (κ1) is 8.44. The lowest BCUT2D eigenvalue weighted by atomic mass is 9.87. The first-order valence-electron chi connectivity index (χ1n) is 5.04. The molecule has 3 rings (SSSR count). The first-order chi connectivity index (χ1) is 6.86. The predicted octanol–water partition coefficient (Wildman–Crippen LogP) is 2.16. The van der Waals surface area contributed by atoms with Gasteiger partial charge in [-0.05, 0) is 30.9 Å². The summed E-state index contributed by atoms with van der Waals surface area (Å²) < 4.78 is 0. The third-order valence-electron chi connectivity index (χ3n) is 3.09. The second-order valence-electron chi connectivity index (χ2n) is 3.93. The predicted molar refractivity (Wildman–Crippen MR) is 59.0 cm³/mol. The summed E-state index contributed by atoms with van der Waals surface area (Å²) in [5.74, 6) is 7.05. The molecule has 2 aliphatic rings. The highest BCUT2D eigenvalue weighted by Crippen LogP contribution is 2.38. The Labute approximate surface area is 87.2 Å². The van der Waals surface area contributed by atoms with Crippen molar-refractivity contribution in [2.75, 3.05) is 5.01 Å². The fourth-order valence-electron chi connectivity index (χ4n) is 2.36. The molecule has 0 amide bonds. The van der Waals surface area contributed by atoms with Crippen LogP contribution in [0.15, 0.2) is 11.1 Å². The number of hydrogen-bond donors (Lipinski definition) is 1. The Morgan fingerprint density at radius 3 is 3.36 bits per heavy atom. The van der Waals surface area contributed by atoms with Crippen molar-refractivity contribution in [2.45, 2.75) is 31.7 Å². The highest BCUT2D eigenvalue weighted by Gasteiger charge is 2.29. The van der Waals surface area contributed by atoms with Gasteiger partial charge in [-0.25, -0.2) is 10.8 Å². The number of anilines is 1. The zero-order valence-corrected chi connectivity index (χ0v) is 8.76. The summed E-state index contributed by atoms with van der Waals surface area (Å²) >= 11 is 1.68. The normalized spacial score (nSPS) is 25.4. The number of hydrogen-bond acceptors (Lipinski definition) is 4. The van der Waals surface area contributed by atoms with E-state index in [-0.39, 0.29) is 0 Å². The van der Waals surface area contributed by atoms with Gasteiger partial charge in [-0.15, -0.1) is 11.3 Å². The summed E-state index contributed by atoms with van der Waals surface area (Å²) in [6.45, 7) is 0. The maximum absolute atomic E-state index is 6.08. The van der Waals surface area contributed by atoms with Crippen molar-refractivity contribution in [3.05, 3.63) is 16.0 Å². The summed E-state index contributed by atoms with van der Waals surface area (Å²) in [5.41, 5.74) is 3.37. The Hall–Kier alpha value is -0.870. The second-order valence-corrected chi connectivity index (χ2v) is 4.81. The lowest BCUT2D eigenvalue weighted by Crippen LogP contribution is -2.45. The van der Waals surface area contributed by atoms with Crippen molar-refractivity contribution in [2.24, 2.45) is 5.84 Å². The molecule has 1 aromatic heterocycles. The van der Waals surface area contributed by atoms with Crippen LogP contribution in [0.25, 0.3) is 6.08 Å². The van der Waals surface area contributed by atoms with Gasteiger partial charge in [0.15, 0.2) is 5.82 Å². The minimum Gasteiger partial charge on any atom is -0.286 e. The van der Waals surface area contributed by atoms with E-state index in [2.05, 4.69) is 11.1 Å². The molecule has 1 saturated carbocycles. The van der Waals surface area contributed by atoms with E-state index in [4.69, 9.17) is 5.84 Å². The molecule has 0 aromatic carbocycles. The van der Waals surface area contributed by atoms with E-state index in [1.807, 2.05) is 10.5 Å². The van der Waals surface area contributed by atoms with E-state index in [0.29, 0.717) is 6.04 Å². The van der Waals surface area contributed by atoms with Crippen LogP contribution in [0.3, 0.4) is 0 Å². The maximum atomic E-state index is 6.08. The van der Waals surface area contributed by atoms with Gasteiger partial charge in [-0.3, -0.25) is 5.01 Å². The molecule has 4 heteroatoms. The molecule has 1 aromatic rings. The molecular weight excluding hydrogens is 194 g/mol.